The van der Waals surface area contributed by atoms with E-state index in [1.807, 2.05) is 12.1 Å². The summed E-state index contributed by atoms with van der Waals surface area (Å²) < 4.78 is 33.2. The Kier molecular flexibility index (Phi) is 6.27. The number of methoxy groups -OCH3 is 1. The zero-order chi connectivity index (χ0) is 25.4. The number of nitrogens with zero attached hydrogens (tertiary/aromatic N) is 4. The first-order chi connectivity index (χ1) is 17.2. The summed E-state index contributed by atoms with van der Waals surface area (Å²) in [6.07, 6.45) is 1.48. The first-order valence-corrected chi connectivity index (χ1v) is 13.2. The Balaban J connectivity index is 1.42. The topological polar surface area (TPSA) is 131 Å². The number of carbonyl (C=O) groups excluding carboxylic acids is 1. The van der Waals surface area contributed by atoms with Crippen molar-refractivity contribution in [2.75, 3.05) is 55.7 Å². The van der Waals surface area contributed by atoms with Crippen molar-refractivity contribution in [2.24, 2.45) is 0 Å². The van der Waals surface area contributed by atoms with Crippen molar-refractivity contribution in [1.29, 1.82) is 0 Å². The number of aromatic nitrogens is 2. The SMILES string of the molecule is COC(=O)c1ccc(S(=O)(=O)Nc2ccc3c(c2)CCc2c-3nc(N)nc2N2CCN(C)CC2)cc1. The van der Waals surface area contributed by atoms with Crippen LogP contribution in [0.1, 0.15) is 21.5 Å². The highest BCUT2D eigenvalue weighted by Crippen LogP contribution is 2.38. The van der Waals surface area contributed by atoms with Gasteiger partial charge in [0.25, 0.3) is 10.0 Å². The highest BCUT2D eigenvalue weighted by atomic mass is 32.2. The number of likely N-dealkylation sites (N-methyl/N-ethyl adjacent to an activating group) is 1. The minimum atomic E-state index is -3.84. The molecule has 5 rings (SSSR count). The zero-order valence-corrected chi connectivity index (χ0v) is 21.0. The summed E-state index contributed by atoms with van der Waals surface area (Å²) in [7, 11) is -0.454. The van der Waals surface area contributed by atoms with Gasteiger partial charge < -0.3 is 20.3 Å². The number of hydrogen-bond donors (Lipinski definition) is 2. The Bertz CT molecular complexity index is 1420. The molecule has 3 aromatic rings. The molecular weight excluding hydrogens is 480 g/mol. The fourth-order valence-corrected chi connectivity index (χ4v) is 5.73. The second-order valence-corrected chi connectivity index (χ2v) is 10.7. The number of rotatable bonds is 5. The molecule has 0 unspecified atom stereocenters. The Hall–Kier alpha value is -3.70. The number of nitrogens with two attached hydrogens (primary N) is 1. The molecular formula is C25H28N6O4S. The van der Waals surface area contributed by atoms with Gasteiger partial charge in [-0.15, -0.1) is 0 Å². The molecule has 10 nitrogen and oxygen atoms in total. The third-order valence-corrected chi connectivity index (χ3v) is 8.05. The summed E-state index contributed by atoms with van der Waals surface area (Å²) in [5.74, 6) is 0.606. The molecule has 36 heavy (non-hydrogen) atoms. The quantitative estimate of drug-likeness (QED) is 0.498. The smallest absolute Gasteiger partial charge is 0.337 e. The number of piperazine rings is 1. The van der Waals surface area contributed by atoms with Gasteiger partial charge in [-0.2, -0.15) is 4.98 Å². The molecule has 1 aliphatic carbocycles. The third-order valence-electron chi connectivity index (χ3n) is 6.65. The maximum absolute atomic E-state index is 12.9. The zero-order valence-electron chi connectivity index (χ0n) is 20.2. The molecule has 11 heteroatoms. The highest BCUT2D eigenvalue weighted by Gasteiger charge is 2.27. The molecule has 2 aliphatic rings. The van der Waals surface area contributed by atoms with Crippen LogP contribution in [0.3, 0.4) is 0 Å². The predicted octanol–water partition coefficient (Wildman–Crippen LogP) is 2.16. The molecule has 1 fully saturated rings. The van der Waals surface area contributed by atoms with Crippen LogP contribution in [-0.4, -0.2) is 69.6 Å². The highest BCUT2D eigenvalue weighted by molar-refractivity contribution is 7.92. The summed E-state index contributed by atoms with van der Waals surface area (Å²) in [5, 5.41) is 0. The molecule has 0 bridgehead atoms. The van der Waals surface area contributed by atoms with E-state index < -0.39 is 16.0 Å². The predicted molar refractivity (Wildman–Crippen MR) is 138 cm³/mol. The lowest BCUT2D eigenvalue weighted by Crippen LogP contribution is -2.45. The number of ether oxygens (including phenoxy) is 1. The van der Waals surface area contributed by atoms with Crippen molar-refractivity contribution in [3.63, 3.8) is 0 Å². The summed E-state index contributed by atoms with van der Waals surface area (Å²) in [5.41, 5.74) is 10.7. The van der Waals surface area contributed by atoms with Crippen LogP contribution in [0.2, 0.25) is 0 Å². The van der Waals surface area contributed by atoms with Crippen LogP contribution in [-0.2, 0) is 27.6 Å². The Morgan fingerprint density at radius 2 is 1.75 bits per heavy atom. The number of benzene rings is 2. The lowest BCUT2D eigenvalue weighted by atomic mass is 9.88. The molecule has 0 atom stereocenters. The summed E-state index contributed by atoms with van der Waals surface area (Å²) in [6.45, 7) is 3.69. The van der Waals surface area contributed by atoms with Crippen molar-refractivity contribution in [3.05, 3.63) is 59.2 Å². The van der Waals surface area contributed by atoms with Crippen molar-refractivity contribution in [3.8, 4) is 11.3 Å². The lowest BCUT2D eigenvalue weighted by molar-refractivity contribution is 0.0600. The molecule has 188 valence electrons. The van der Waals surface area contributed by atoms with Crippen LogP contribution < -0.4 is 15.4 Å². The number of anilines is 3. The third kappa shape index (κ3) is 4.59. The number of hydrogen-bond acceptors (Lipinski definition) is 9. The van der Waals surface area contributed by atoms with Crippen LogP contribution >= 0.6 is 0 Å². The molecule has 1 aliphatic heterocycles. The fourth-order valence-electron chi connectivity index (χ4n) is 4.68. The van der Waals surface area contributed by atoms with Crippen LogP contribution in [0.25, 0.3) is 11.3 Å². The minimum absolute atomic E-state index is 0.0514. The van der Waals surface area contributed by atoms with E-state index in [0.29, 0.717) is 5.69 Å². The number of nitrogens with one attached hydrogen (secondary N) is 1. The fraction of sp³-hybridized carbons (Fsp3) is 0.320. The lowest BCUT2D eigenvalue weighted by Gasteiger charge is -2.35. The van der Waals surface area contributed by atoms with Crippen molar-refractivity contribution in [1.82, 2.24) is 14.9 Å². The summed E-state index contributed by atoms with van der Waals surface area (Å²) >= 11 is 0. The van der Waals surface area contributed by atoms with Gasteiger partial charge in [-0.3, -0.25) is 4.72 Å². The molecule has 3 N–H and O–H groups in total. The van der Waals surface area contributed by atoms with Gasteiger partial charge in [0.15, 0.2) is 0 Å². The van der Waals surface area contributed by atoms with Crippen molar-refractivity contribution in [2.45, 2.75) is 17.7 Å². The van der Waals surface area contributed by atoms with E-state index in [1.165, 1.54) is 31.4 Å². The Labute approximate surface area is 210 Å². The van der Waals surface area contributed by atoms with E-state index in [2.05, 4.69) is 36.3 Å². The van der Waals surface area contributed by atoms with Gasteiger partial charge in [-0.05, 0) is 61.9 Å². The van der Waals surface area contributed by atoms with Gasteiger partial charge in [0, 0.05) is 43.0 Å². The number of nitrogen functional groups attached to an aromatic ring is 1. The monoisotopic (exact) mass is 508 g/mol. The number of aryl methyl sites for hydroxylation is 1. The number of fused-ring (bicyclic) bond motifs is 3. The van der Waals surface area contributed by atoms with E-state index in [4.69, 9.17) is 5.73 Å². The van der Waals surface area contributed by atoms with E-state index in [-0.39, 0.29) is 16.4 Å². The molecule has 0 saturated carbocycles. The van der Waals surface area contributed by atoms with Crippen LogP contribution in [0.15, 0.2) is 47.4 Å². The Morgan fingerprint density at radius 1 is 1.03 bits per heavy atom. The maximum Gasteiger partial charge on any atom is 0.337 e. The first kappa shape index (κ1) is 24.0. The normalized spacial score (nSPS) is 15.7. The van der Waals surface area contributed by atoms with Crippen molar-refractivity contribution >= 4 is 33.4 Å². The number of carbonyl (C=O) groups is 1. The summed E-state index contributed by atoms with van der Waals surface area (Å²) in [6, 6.07) is 11.0. The average Bonchev–Trinajstić information content (AvgIpc) is 2.88. The van der Waals surface area contributed by atoms with Gasteiger partial charge in [-0.25, -0.2) is 18.2 Å². The molecule has 0 amide bonds. The second-order valence-electron chi connectivity index (χ2n) is 9.02. The van der Waals surface area contributed by atoms with Crippen LogP contribution in [0, 0.1) is 0 Å². The molecule has 1 saturated heterocycles. The number of sulfonamides is 1. The van der Waals surface area contributed by atoms with E-state index in [0.717, 1.165) is 67.2 Å². The standard InChI is InChI=1S/C25H28N6O4S/c1-30-11-13-31(14-12-30)23-21-9-5-17-15-18(6-10-20(17)22(21)27-25(26)28-23)29-36(33,34)19-7-3-16(4-8-19)24(32)35-2/h3-4,6-8,10,15,29H,5,9,11-14H2,1-2H3,(H2,26,27,28). The maximum atomic E-state index is 12.9. The van der Waals surface area contributed by atoms with Crippen molar-refractivity contribution < 1.29 is 17.9 Å². The van der Waals surface area contributed by atoms with Gasteiger partial charge in [0.05, 0.1) is 23.3 Å². The van der Waals surface area contributed by atoms with E-state index >= 15 is 0 Å². The largest absolute Gasteiger partial charge is 0.465 e. The molecule has 0 radical (unpaired) electrons. The number of esters is 1. The van der Waals surface area contributed by atoms with Gasteiger partial charge >= 0.3 is 5.97 Å². The van der Waals surface area contributed by atoms with Gasteiger partial charge in [-0.1, -0.05) is 6.07 Å². The molecule has 0 spiro atoms. The van der Waals surface area contributed by atoms with Crippen LogP contribution in [0.4, 0.5) is 17.5 Å². The summed E-state index contributed by atoms with van der Waals surface area (Å²) in [4.78, 5) is 25.4. The van der Waals surface area contributed by atoms with Gasteiger partial charge in [0.2, 0.25) is 5.95 Å². The van der Waals surface area contributed by atoms with E-state index in [9.17, 15) is 13.2 Å². The first-order valence-electron chi connectivity index (χ1n) is 11.7. The average molecular weight is 509 g/mol. The van der Waals surface area contributed by atoms with E-state index in [1.54, 1.807) is 6.07 Å². The minimum Gasteiger partial charge on any atom is -0.465 e. The molecule has 2 heterocycles. The molecule has 1 aromatic heterocycles. The van der Waals surface area contributed by atoms with Crippen LogP contribution in [0.5, 0.6) is 0 Å². The molecule has 2 aromatic carbocycles. The Morgan fingerprint density at radius 3 is 2.44 bits per heavy atom. The van der Waals surface area contributed by atoms with Gasteiger partial charge in [0.1, 0.15) is 5.82 Å². The second kappa shape index (κ2) is 9.40.